The fourth-order valence-electron chi connectivity index (χ4n) is 4.74. The first-order valence-electron chi connectivity index (χ1n) is 9.90. The largest absolute Gasteiger partial charge is 0.481 e. The Balaban J connectivity index is 2.39. The number of nitro benzene ring substituents is 1. The quantitative estimate of drug-likeness (QED) is 0.422. The number of benzene rings is 2. The first-order valence-corrected chi connectivity index (χ1v) is 10.7. The van der Waals surface area contributed by atoms with E-state index < -0.39 is 22.2 Å². The molecule has 166 valence electrons. The van der Waals surface area contributed by atoms with Gasteiger partial charge in [0.25, 0.3) is 5.69 Å². The summed E-state index contributed by atoms with van der Waals surface area (Å²) in [5.41, 5.74) is 0.0643. The lowest BCUT2D eigenvalue weighted by molar-refractivity contribution is -0.384. The molecule has 0 aliphatic carbocycles. The zero-order chi connectivity index (χ0) is 23.8. The molecule has 2 unspecified atom stereocenters. The lowest BCUT2D eigenvalue weighted by Gasteiger charge is -2.48. The number of rotatable bonds is 6. The summed E-state index contributed by atoms with van der Waals surface area (Å²) < 4.78 is 0.800. The second-order valence-electron chi connectivity index (χ2n) is 7.62. The van der Waals surface area contributed by atoms with E-state index in [1.54, 1.807) is 44.2 Å². The molecule has 0 amide bonds. The lowest BCUT2D eigenvalue weighted by atomic mass is 9.60. The molecular formula is C23H22BrN3O5. The average Bonchev–Trinajstić information content (AvgIpc) is 2.73. The number of carbonyl (C=O) groups excluding carboxylic acids is 1. The predicted octanol–water partition coefficient (Wildman–Crippen LogP) is 5.07. The number of allylic oxidation sites excluding steroid dienone is 2. The Morgan fingerprint density at radius 3 is 2.38 bits per heavy atom. The van der Waals surface area contributed by atoms with Crippen LogP contribution in [0.1, 0.15) is 32.8 Å². The maximum atomic E-state index is 13.0. The Kier molecular flexibility index (Phi) is 6.32. The highest BCUT2D eigenvalue weighted by Gasteiger charge is 2.55. The molecule has 8 nitrogen and oxygen atoms in total. The Hall–Kier alpha value is -3.33. The number of carbonyl (C=O) groups is 2. The Bertz CT molecular complexity index is 1160. The molecule has 32 heavy (non-hydrogen) atoms. The molecule has 9 heteroatoms. The number of nitrogens with one attached hydrogen (secondary N) is 1. The van der Waals surface area contributed by atoms with E-state index in [9.17, 15) is 24.8 Å². The summed E-state index contributed by atoms with van der Waals surface area (Å²) in [6.45, 7) is 4.82. The molecule has 1 heterocycles. The fourth-order valence-corrected chi connectivity index (χ4v) is 5.00. The number of nitrogens with zero attached hydrogens (tertiary/aromatic N) is 2. The van der Waals surface area contributed by atoms with Gasteiger partial charge in [0.05, 0.1) is 10.6 Å². The van der Waals surface area contributed by atoms with E-state index in [1.165, 1.54) is 30.0 Å². The minimum atomic E-state index is -1.38. The van der Waals surface area contributed by atoms with Crippen molar-refractivity contribution in [3.05, 3.63) is 80.0 Å². The van der Waals surface area contributed by atoms with Gasteiger partial charge in [-0.05, 0) is 44.0 Å². The zero-order valence-electron chi connectivity index (χ0n) is 17.8. The molecule has 0 saturated heterocycles. The van der Waals surface area contributed by atoms with E-state index in [1.807, 2.05) is 0 Å². The second-order valence-corrected chi connectivity index (χ2v) is 8.53. The number of nitro groups is 1. The number of aliphatic carboxylic acids is 1. The number of carboxylic acids is 1. The first kappa shape index (κ1) is 23.3. The summed E-state index contributed by atoms with van der Waals surface area (Å²) >= 11 is 3.38. The summed E-state index contributed by atoms with van der Waals surface area (Å²) in [6, 6.07) is 12.7. The predicted molar refractivity (Wildman–Crippen MR) is 124 cm³/mol. The summed E-state index contributed by atoms with van der Waals surface area (Å²) in [7, 11) is 0. The van der Waals surface area contributed by atoms with Crippen LogP contribution >= 0.6 is 15.9 Å². The normalized spacial score (nSPS) is 20.9. The van der Waals surface area contributed by atoms with E-state index in [0.29, 0.717) is 11.3 Å². The van der Waals surface area contributed by atoms with Crippen LogP contribution in [0.2, 0.25) is 0 Å². The van der Waals surface area contributed by atoms with Crippen molar-refractivity contribution in [1.82, 2.24) is 0 Å². The summed E-state index contributed by atoms with van der Waals surface area (Å²) in [4.78, 5) is 37.6. The van der Waals surface area contributed by atoms with E-state index in [-0.39, 0.29) is 35.0 Å². The van der Waals surface area contributed by atoms with E-state index in [4.69, 9.17) is 5.41 Å². The van der Waals surface area contributed by atoms with Crippen molar-refractivity contribution < 1.29 is 19.6 Å². The van der Waals surface area contributed by atoms with Crippen molar-refractivity contribution in [2.45, 2.75) is 32.6 Å². The van der Waals surface area contributed by atoms with Gasteiger partial charge >= 0.3 is 5.97 Å². The van der Waals surface area contributed by atoms with Gasteiger partial charge in [-0.25, -0.2) is 0 Å². The van der Waals surface area contributed by atoms with Gasteiger partial charge in [0.2, 0.25) is 0 Å². The van der Waals surface area contributed by atoms with Crippen molar-refractivity contribution in [1.29, 1.82) is 5.41 Å². The van der Waals surface area contributed by atoms with Crippen LogP contribution in [0, 0.1) is 21.4 Å². The van der Waals surface area contributed by atoms with Gasteiger partial charge in [-0.3, -0.25) is 25.1 Å². The van der Waals surface area contributed by atoms with Crippen molar-refractivity contribution in [3.8, 4) is 0 Å². The fraction of sp³-hybridized carbons (Fsp3) is 0.261. The monoisotopic (exact) mass is 499 g/mol. The molecule has 1 aliphatic rings. The minimum absolute atomic E-state index is 0.195. The molecule has 0 radical (unpaired) electrons. The molecular weight excluding hydrogens is 478 g/mol. The molecule has 2 aromatic rings. The van der Waals surface area contributed by atoms with Crippen molar-refractivity contribution >= 4 is 44.9 Å². The maximum absolute atomic E-state index is 13.0. The number of halogens is 1. The van der Waals surface area contributed by atoms with Gasteiger partial charge in [0, 0.05) is 33.3 Å². The minimum Gasteiger partial charge on any atom is -0.481 e. The molecule has 2 atom stereocenters. The van der Waals surface area contributed by atoms with Crippen molar-refractivity contribution in [3.63, 3.8) is 0 Å². The van der Waals surface area contributed by atoms with Crippen LogP contribution in [-0.4, -0.2) is 27.6 Å². The highest BCUT2D eigenvalue weighted by atomic mass is 79.9. The molecule has 0 aromatic heterocycles. The topological polar surface area (TPSA) is 125 Å². The SMILES string of the molecule is CCC1(c2ccc(Br)cc2)C(C(C)=O)=C(C)N(c2cccc([N+](=O)[O-])c2)C(=N)C1C(=O)O. The van der Waals surface area contributed by atoms with Gasteiger partial charge in [-0.1, -0.05) is 41.1 Å². The molecule has 0 saturated carbocycles. The van der Waals surface area contributed by atoms with E-state index in [0.717, 1.165) is 4.47 Å². The highest BCUT2D eigenvalue weighted by molar-refractivity contribution is 9.10. The number of hydrogen-bond donors (Lipinski definition) is 2. The van der Waals surface area contributed by atoms with Crippen molar-refractivity contribution in [2.75, 3.05) is 4.90 Å². The van der Waals surface area contributed by atoms with Crippen molar-refractivity contribution in [2.24, 2.45) is 5.92 Å². The Morgan fingerprint density at radius 2 is 1.88 bits per heavy atom. The maximum Gasteiger partial charge on any atom is 0.315 e. The van der Waals surface area contributed by atoms with Crippen LogP contribution in [0.25, 0.3) is 0 Å². The number of carboxylic acid groups (broad SMARTS) is 1. The third-order valence-corrected chi connectivity index (χ3v) is 6.49. The molecule has 3 rings (SSSR count). The molecule has 1 aliphatic heterocycles. The van der Waals surface area contributed by atoms with Crippen LogP contribution in [-0.2, 0) is 15.0 Å². The van der Waals surface area contributed by atoms with Crippen LogP contribution in [0.4, 0.5) is 11.4 Å². The second kappa shape index (κ2) is 8.66. The molecule has 0 spiro atoms. The molecule has 2 N–H and O–H groups in total. The summed E-state index contributed by atoms with van der Waals surface area (Å²) in [5.74, 6) is -3.20. The van der Waals surface area contributed by atoms with Gasteiger partial charge < -0.3 is 10.0 Å². The zero-order valence-corrected chi connectivity index (χ0v) is 19.3. The summed E-state index contributed by atoms with van der Waals surface area (Å²) in [5, 5.41) is 30.4. The van der Waals surface area contributed by atoms with Crippen LogP contribution in [0.3, 0.4) is 0 Å². The van der Waals surface area contributed by atoms with Crippen LogP contribution in [0.5, 0.6) is 0 Å². The molecule has 0 bridgehead atoms. The summed E-state index contributed by atoms with van der Waals surface area (Å²) in [6.07, 6.45) is 0.267. The number of hydrogen-bond acceptors (Lipinski definition) is 5. The van der Waals surface area contributed by atoms with Crippen LogP contribution < -0.4 is 4.90 Å². The van der Waals surface area contributed by atoms with Gasteiger partial charge in [-0.2, -0.15) is 0 Å². The average molecular weight is 500 g/mol. The Labute approximate surface area is 193 Å². The lowest BCUT2D eigenvalue weighted by Crippen LogP contribution is -2.56. The Morgan fingerprint density at radius 1 is 1.25 bits per heavy atom. The third kappa shape index (κ3) is 3.62. The van der Waals surface area contributed by atoms with Crippen LogP contribution in [0.15, 0.2) is 64.3 Å². The smallest absolute Gasteiger partial charge is 0.315 e. The van der Waals surface area contributed by atoms with Gasteiger partial charge in [0.1, 0.15) is 11.8 Å². The number of amidine groups is 1. The number of non-ortho nitro benzene ring substituents is 1. The number of anilines is 1. The van der Waals surface area contributed by atoms with E-state index >= 15 is 0 Å². The van der Waals surface area contributed by atoms with E-state index in [2.05, 4.69) is 15.9 Å². The number of Topliss-reactive ketones (excluding diaryl/α,β-unsaturated/α-hetero) is 1. The third-order valence-electron chi connectivity index (χ3n) is 5.97. The van der Waals surface area contributed by atoms with Gasteiger partial charge in [0.15, 0.2) is 5.78 Å². The standard InChI is InChI=1S/C23H22BrN3O5/c1-4-23(15-8-10-16(24)11-9-15)19(14(3)28)13(2)26(21(25)20(23)22(29)30)17-6-5-7-18(12-17)27(31)32/h5-12,20,25H,4H2,1-3H3,(H,29,30). The molecule has 0 fully saturated rings. The highest BCUT2D eigenvalue weighted by Crippen LogP contribution is 2.50. The molecule has 2 aromatic carbocycles. The van der Waals surface area contributed by atoms with Gasteiger partial charge in [-0.15, -0.1) is 0 Å². The number of ketones is 1. The first-order chi connectivity index (χ1) is 15.1.